The molecule has 3 rings (SSSR count). The first-order chi connectivity index (χ1) is 9.36. The smallest absolute Gasteiger partial charge is 0.0727 e. The minimum Gasteiger partial charge on any atom is -0.373 e. The van der Waals surface area contributed by atoms with Crippen molar-refractivity contribution >= 4 is 10.9 Å². The molecule has 0 saturated heterocycles. The molecular weight excluding hydrogens is 236 g/mol. The molecular formula is C16H20N2O. The summed E-state index contributed by atoms with van der Waals surface area (Å²) in [7, 11) is 2.01. The number of fused-ring (bicyclic) bond motifs is 1. The Balaban J connectivity index is 1.60. The second-order valence-electron chi connectivity index (χ2n) is 5.32. The van der Waals surface area contributed by atoms with Gasteiger partial charge >= 0.3 is 0 Å². The van der Waals surface area contributed by atoms with Gasteiger partial charge in [-0.05, 0) is 50.0 Å². The van der Waals surface area contributed by atoms with Crippen LogP contribution < -0.4 is 5.32 Å². The van der Waals surface area contributed by atoms with Crippen LogP contribution in [0.3, 0.4) is 0 Å². The van der Waals surface area contributed by atoms with E-state index < -0.39 is 0 Å². The third-order valence-corrected chi connectivity index (χ3v) is 3.90. The van der Waals surface area contributed by atoms with Crippen molar-refractivity contribution in [3.8, 4) is 0 Å². The van der Waals surface area contributed by atoms with E-state index in [1.807, 2.05) is 25.4 Å². The van der Waals surface area contributed by atoms with E-state index in [2.05, 4.69) is 28.5 Å². The summed E-state index contributed by atoms with van der Waals surface area (Å²) in [5.41, 5.74) is 2.29. The van der Waals surface area contributed by atoms with Gasteiger partial charge in [0.15, 0.2) is 0 Å². The van der Waals surface area contributed by atoms with Gasteiger partial charge in [0, 0.05) is 11.6 Å². The Bertz CT molecular complexity index is 544. The molecule has 2 aromatic rings. The zero-order valence-corrected chi connectivity index (χ0v) is 11.3. The summed E-state index contributed by atoms with van der Waals surface area (Å²) in [5.74, 6) is 0.796. The topological polar surface area (TPSA) is 34.1 Å². The van der Waals surface area contributed by atoms with E-state index in [9.17, 15) is 0 Å². The molecule has 1 saturated carbocycles. The number of para-hydroxylation sites is 1. The fourth-order valence-corrected chi connectivity index (χ4v) is 2.75. The standard InChI is InChI=1S/C16H20N2O/c1-17-10-12-8-14(9-12)19-11-13-6-7-18-16-5-3-2-4-15(13)16/h2-7,12,14,17H,8-11H2,1H3. The van der Waals surface area contributed by atoms with Crippen LogP contribution in [-0.4, -0.2) is 24.7 Å². The molecule has 0 spiro atoms. The summed E-state index contributed by atoms with van der Waals surface area (Å²) in [4.78, 5) is 4.38. The molecule has 0 atom stereocenters. The lowest BCUT2D eigenvalue weighted by Crippen LogP contribution is -2.36. The maximum atomic E-state index is 5.99. The number of benzene rings is 1. The second-order valence-corrected chi connectivity index (χ2v) is 5.32. The Morgan fingerprint density at radius 1 is 1.26 bits per heavy atom. The Morgan fingerprint density at radius 3 is 2.95 bits per heavy atom. The van der Waals surface area contributed by atoms with Crippen molar-refractivity contribution in [2.45, 2.75) is 25.6 Å². The third-order valence-electron chi connectivity index (χ3n) is 3.90. The van der Waals surface area contributed by atoms with Crippen LogP contribution in [-0.2, 0) is 11.3 Å². The number of hydrogen-bond acceptors (Lipinski definition) is 3. The maximum Gasteiger partial charge on any atom is 0.0727 e. The first kappa shape index (κ1) is 12.6. The molecule has 0 radical (unpaired) electrons. The Morgan fingerprint density at radius 2 is 2.11 bits per heavy atom. The number of rotatable bonds is 5. The highest BCUT2D eigenvalue weighted by Gasteiger charge is 2.29. The predicted molar refractivity (Wildman–Crippen MR) is 77.0 cm³/mol. The molecule has 0 aliphatic heterocycles. The molecule has 0 amide bonds. The first-order valence-electron chi connectivity index (χ1n) is 6.95. The summed E-state index contributed by atoms with van der Waals surface area (Å²) in [5, 5.41) is 4.43. The highest BCUT2D eigenvalue weighted by Crippen LogP contribution is 2.30. The average molecular weight is 256 g/mol. The van der Waals surface area contributed by atoms with Crippen LogP contribution in [0.25, 0.3) is 10.9 Å². The lowest BCUT2D eigenvalue weighted by atomic mass is 9.82. The summed E-state index contributed by atoms with van der Waals surface area (Å²) in [6.45, 7) is 1.80. The fraction of sp³-hybridized carbons (Fsp3) is 0.438. The minimum absolute atomic E-state index is 0.435. The van der Waals surface area contributed by atoms with Gasteiger partial charge in [0.25, 0.3) is 0 Å². The van der Waals surface area contributed by atoms with E-state index >= 15 is 0 Å². The molecule has 0 unspecified atom stereocenters. The van der Waals surface area contributed by atoms with Crippen LogP contribution in [0, 0.1) is 5.92 Å². The molecule has 19 heavy (non-hydrogen) atoms. The monoisotopic (exact) mass is 256 g/mol. The van der Waals surface area contributed by atoms with Gasteiger partial charge in [-0.15, -0.1) is 0 Å². The van der Waals surface area contributed by atoms with E-state index in [1.165, 1.54) is 23.8 Å². The molecule has 0 bridgehead atoms. The van der Waals surface area contributed by atoms with Crippen molar-refractivity contribution in [1.29, 1.82) is 0 Å². The predicted octanol–water partition coefficient (Wildman–Crippen LogP) is 2.75. The third kappa shape index (κ3) is 2.77. The van der Waals surface area contributed by atoms with Gasteiger partial charge in [-0.25, -0.2) is 0 Å². The van der Waals surface area contributed by atoms with Crippen molar-refractivity contribution in [3.05, 3.63) is 42.1 Å². The molecule has 100 valence electrons. The Hall–Kier alpha value is -1.45. The van der Waals surface area contributed by atoms with Crippen molar-refractivity contribution in [2.75, 3.05) is 13.6 Å². The van der Waals surface area contributed by atoms with Gasteiger partial charge in [-0.3, -0.25) is 4.98 Å². The summed E-state index contributed by atoms with van der Waals surface area (Å²) < 4.78 is 5.99. The van der Waals surface area contributed by atoms with E-state index in [0.29, 0.717) is 12.7 Å². The molecule has 1 fully saturated rings. The second kappa shape index (κ2) is 5.68. The van der Waals surface area contributed by atoms with Gasteiger partial charge in [0.05, 0.1) is 18.2 Å². The summed E-state index contributed by atoms with van der Waals surface area (Å²) in [6, 6.07) is 10.3. The van der Waals surface area contributed by atoms with E-state index in [1.54, 1.807) is 0 Å². The number of ether oxygens (including phenoxy) is 1. The van der Waals surface area contributed by atoms with Gasteiger partial charge in [0.1, 0.15) is 0 Å². The van der Waals surface area contributed by atoms with Crippen molar-refractivity contribution in [1.82, 2.24) is 10.3 Å². The lowest BCUT2D eigenvalue weighted by Gasteiger charge is -2.35. The fourth-order valence-electron chi connectivity index (χ4n) is 2.75. The van der Waals surface area contributed by atoms with Crippen LogP contribution in [0.15, 0.2) is 36.5 Å². The number of pyridine rings is 1. The minimum atomic E-state index is 0.435. The Labute approximate surface area is 114 Å². The molecule has 1 aromatic heterocycles. The highest BCUT2D eigenvalue weighted by molar-refractivity contribution is 5.81. The van der Waals surface area contributed by atoms with E-state index in [0.717, 1.165) is 18.0 Å². The normalized spacial score (nSPS) is 22.4. The van der Waals surface area contributed by atoms with Crippen molar-refractivity contribution in [2.24, 2.45) is 5.92 Å². The number of nitrogens with one attached hydrogen (secondary N) is 1. The van der Waals surface area contributed by atoms with E-state index in [4.69, 9.17) is 4.74 Å². The average Bonchev–Trinajstić information content (AvgIpc) is 2.41. The van der Waals surface area contributed by atoms with Crippen LogP contribution in [0.4, 0.5) is 0 Å². The van der Waals surface area contributed by atoms with Crippen LogP contribution in [0.2, 0.25) is 0 Å². The summed E-state index contributed by atoms with van der Waals surface area (Å²) in [6.07, 6.45) is 4.67. The first-order valence-corrected chi connectivity index (χ1v) is 6.95. The van der Waals surface area contributed by atoms with Crippen molar-refractivity contribution in [3.63, 3.8) is 0 Å². The van der Waals surface area contributed by atoms with Gasteiger partial charge in [-0.2, -0.15) is 0 Å². The van der Waals surface area contributed by atoms with Gasteiger partial charge < -0.3 is 10.1 Å². The molecule has 1 N–H and O–H groups in total. The van der Waals surface area contributed by atoms with Crippen LogP contribution >= 0.6 is 0 Å². The van der Waals surface area contributed by atoms with E-state index in [-0.39, 0.29) is 0 Å². The number of hydrogen-bond donors (Lipinski definition) is 1. The number of nitrogens with zero attached hydrogens (tertiary/aromatic N) is 1. The van der Waals surface area contributed by atoms with Crippen LogP contribution in [0.5, 0.6) is 0 Å². The van der Waals surface area contributed by atoms with Gasteiger partial charge in [-0.1, -0.05) is 18.2 Å². The number of aromatic nitrogens is 1. The lowest BCUT2D eigenvalue weighted by molar-refractivity contribution is -0.0387. The zero-order valence-electron chi connectivity index (χ0n) is 11.3. The Kier molecular flexibility index (Phi) is 3.76. The molecule has 1 aliphatic rings. The summed E-state index contributed by atoms with van der Waals surface area (Å²) >= 11 is 0. The quantitative estimate of drug-likeness (QED) is 0.893. The molecule has 1 heterocycles. The SMILES string of the molecule is CNCC1CC(OCc2ccnc3ccccc23)C1. The zero-order chi connectivity index (χ0) is 13.1. The van der Waals surface area contributed by atoms with Gasteiger partial charge in [0.2, 0.25) is 0 Å². The molecule has 1 aliphatic carbocycles. The van der Waals surface area contributed by atoms with Crippen LogP contribution in [0.1, 0.15) is 18.4 Å². The molecule has 1 aromatic carbocycles. The largest absolute Gasteiger partial charge is 0.373 e. The maximum absolute atomic E-state index is 5.99. The van der Waals surface area contributed by atoms with Crippen molar-refractivity contribution < 1.29 is 4.74 Å². The molecule has 3 heteroatoms. The molecule has 3 nitrogen and oxygen atoms in total. The highest BCUT2D eigenvalue weighted by atomic mass is 16.5.